The second kappa shape index (κ2) is 3.76. The van der Waals surface area contributed by atoms with E-state index in [-0.39, 0.29) is 23.9 Å². The van der Waals surface area contributed by atoms with E-state index < -0.39 is 5.79 Å². The summed E-state index contributed by atoms with van der Waals surface area (Å²) in [7, 11) is 0. The van der Waals surface area contributed by atoms with Crippen LogP contribution in [0.15, 0.2) is 0 Å². The Morgan fingerprint density at radius 3 is 2.47 bits per heavy atom. The Bertz CT molecular complexity index is 257. The van der Waals surface area contributed by atoms with E-state index in [9.17, 15) is 4.79 Å². The van der Waals surface area contributed by atoms with Crippen molar-refractivity contribution in [3.63, 3.8) is 0 Å². The Morgan fingerprint density at radius 1 is 1.40 bits per heavy atom. The molecule has 0 aromatic heterocycles. The summed E-state index contributed by atoms with van der Waals surface area (Å²) in [5.41, 5.74) is 0. The van der Waals surface area contributed by atoms with Crippen molar-refractivity contribution in [3.8, 4) is 0 Å². The van der Waals surface area contributed by atoms with Gasteiger partial charge in [0.25, 0.3) is 0 Å². The van der Waals surface area contributed by atoms with Gasteiger partial charge >= 0.3 is 5.97 Å². The minimum atomic E-state index is -0.658. The Labute approximate surface area is 89.9 Å². The van der Waals surface area contributed by atoms with Crippen LogP contribution in [0, 0.1) is 11.8 Å². The second-order valence-electron chi connectivity index (χ2n) is 4.19. The summed E-state index contributed by atoms with van der Waals surface area (Å²) in [4.78, 5) is 11.4. The van der Waals surface area contributed by atoms with Crippen LogP contribution >= 0.6 is 0 Å². The molecule has 15 heavy (non-hydrogen) atoms. The van der Waals surface area contributed by atoms with Gasteiger partial charge in [-0.3, -0.25) is 4.79 Å². The maximum atomic E-state index is 11.4. The lowest BCUT2D eigenvalue weighted by Gasteiger charge is -2.49. The third-order valence-corrected chi connectivity index (χ3v) is 3.38. The van der Waals surface area contributed by atoms with Crippen molar-refractivity contribution in [3.05, 3.63) is 0 Å². The van der Waals surface area contributed by atoms with Gasteiger partial charge in [-0.25, -0.2) is 0 Å². The smallest absolute Gasteiger partial charge is 0.309 e. The van der Waals surface area contributed by atoms with E-state index in [1.54, 1.807) is 0 Å². The highest BCUT2D eigenvalue weighted by Crippen LogP contribution is 2.52. The highest BCUT2D eigenvalue weighted by atomic mass is 16.7. The maximum absolute atomic E-state index is 11.4. The van der Waals surface area contributed by atoms with E-state index in [1.807, 2.05) is 20.8 Å². The normalized spacial score (nSPS) is 37.0. The summed E-state index contributed by atoms with van der Waals surface area (Å²) in [5, 5.41) is 0. The van der Waals surface area contributed by atoms with Crippen LogP contribution in [0.4, 0.5) is 0 Å². The molecule has 0 aromatic carbocycles. The summed E-state index contributed by atoms with van der Waals surface area (Å²) >= 11 is 0. The average Bonchev–Trinajstić information content (AvgIpc) is 2.42. The quantitative estimate of drug-likeness (QED) is 0.523. The lowest BCUT2D eigenvalue weighted by atomic mass is 9.71. The average molecular weight is 214 g/mol. The highest BCUT2D eigenvalue weighted by molar-refractivity contribution is 5.75. The molecular formula is C11H18O4. The van der Waals surface area contributed by atoms with E-state index in [4.69, 9.17) is 14.2 Å². The Morgan fingerprint density at radius 2 is 2.00 bits per heavy atom. The standard InChI is InChI=1S/C11H18O4/c1-4-13-11(14-5-2)6-8-7(3)10(12)15-9(8)11/h7-9H,4-6H2,1-3H3/t7-,8+,9-/m1/s1. The zero-order valence-corrected chi connectivity index (χ0v) is 9.49. The first kappa shape index (κ1) is 10.9. The number of fused-ring (bicyclic) bond motifs is 1. The van der Waals surface area contributed by atoms with E-state index in [0.29, 0.717) is 13.2 Å². The first-order valence-electron chi connectivity index (χ1n) is 5.63. The van der Waals surface area contributed by atoms with E-state index in [2.05, 4.69) is 0 Å². The van der Waals surface area contributed by atoms with Crippen molar-refractivity contribution in [2.75, 3.05) is 13.2 Å². The van der Waals surface area contributed by atoms with E-state index >= 15 is 0 Å². The molecule has 1 heterocycles. The van der Waals surface area contributed by atoms with Crippen LogP contribution in [-0.2, 0) is 19.0 Å². The summed E-state index contributed by atoms with van der Waals surface area (Å²) in [5.74, 6) is -0.514. The number of hydrogen-bond acceptors (Lipinski definition) is 4. The van der Waals surface area contributed by atoms with Crippen LogP contribution in [0.2, 0.25) is 0 Å². The molecule has 0 unspecified atom stereocenters. The van der Waals surface area contributed by atoms with Crippen molar-refractivity contribution < 1.29 is 19.0 Å². The molecule has 0 N–H and O–H groups in total. The number of carbonyl (C=O) groups is 1. The molecule has 2 rings (SSSR count). The Balaban J connectivity index is 2.09. The lowest BCUT2D eigenvalue weighted by Crippen LogP contribution is -2.61. The van der Waals surface area contributed by atoms with Crippen molar-refractivity contribution >= 4 is 5.97 Å². The SMILES string of the molecule is CCOC1(OCC)C[C@@H]2[C@H]1OC(=O)[C@@H]2C. The summed E-state index contributed by atoms with van der Waals surface area (Å²) in [6, 6.07) is 0. The van der Waals surface area contributed by atoms with Gasteiger partial charge in [0.15, 0.2) is 6.10 Å². The van der Waals surface area contributed by atoms with E-state index in [1.165, 1.54) is 0 Å². The van der Waals surface area contributed by atoms with Crippen molar-refractivity contribution in [1.29, 1.82) is 0 Å². The molecule has 1 aliphatic carbocycles. The first-order valence-corrected chi connectivity index (χ1v) is 5.63. The molecule has 1 aliphatic heterocycles. The molecule has 4 nitrogen and oxygen atoms in total. The topological polar surface area (TPSA) is 44.8 Å². The van der Waals surface area contributed by atoms with Crippen LogP contribution in [0.3, 0.4) is 0 Å². The second-order valence-corrected chi connectivity index (χ2v) is 4.19. The van der Waals surface area contributed by atoms with Gasteiger partial charge < -0.3 is 14.2 Å². The van der Waals surface area contributed by atoms with Crippen molar-refractivity contribution in [2.45, 2.75) is 39.1 Å². The molecule has 2 aliphatic rings. The predicted octanol–water partition coefficient (Wildman–Crippen LogP) is 1.34. The van der Waals surface area contributed by atoms with Crippen LogP contribution in [0.5, 0.6) is 0 Å². The van der Waals surface area contributed by atoms with Gasteiger partial charge in [-0.15, -0.1) is 0 Å². The van der Waals surface area contributed by atoms with Gasteiger partial charge in [-0.1, -0.05) is 6.92 Å². The molecule has 0 bridgehead atoms. The predicted molar refractivity (Wildman–Crippen MR) is 53.1 cm³/mol. The molecule has 0 amide bonds. The summed E-state index contributed by atoms with van der Waals surface area (Å²) in [6.45, 7) is 6.92. The molecule has 4 heteroatoms. The lowest BCUT2D eigenvalue weighted by molar-refractivity contribution is -0.336. The molecule has 86 valence electrons. The molecule has 0 radical (unpaired) electrons. The molecular weight excluding hydrogens is 196 g/mol. The number of carbonyl (C=O) groups excluding carboxylic acids is 1. The molecule has 3 atom stereocenters. The third-order valence-electron chi connectivity index (χ3n) is 3.38. The molecule has 0 spiro atoms. The van der Waals surface area contributed by atoms with E-state index in [0.717, 1.165) is 6.42 Å². The Hall–Kier alpha value is -0.610. The van der Waals surface area contributed by atoms with Crippen LogP contribution < -0.4 is 0 Å². The van der Waals surface area contributed by atoms with Gasteiger partial charge in [0.2, 0.25) is 5.79 Å². The number of rotatable bonds is 4. The largest absolute Gasteiger partial charge is 0.456 e. The first-order chi connectivity index (χ1) is 7.14. The maximum Gasteiger partial charge on any atom is 0.309 e. The summed E-state index contributed by atoms with van der Waals surface area (Å²) < 4.78 is 16.5. The van der Waals surface area contributed by atoms with Crippen molar-refractivity contribution in [1.82, 2.24) is 0 Å². The molecule has 1 saturated carbocycles. The molecule has 2 fully saturated rings. The third kappa shape index (κ3) is 1.47. The number of esters is 1. The van der Waals surface area contributed by atoms with Crippen molar-refractivity contribution in [2.24, 2.45) is 11.8 Å². The monoisotopic (exact) mass is 214 g/mol. The number of hydrogen-bond donors (Lipinski definition) is 0. The zero-order valence-electron chi connectivity index (χ0n) is 9.49. The zero-order chi connectivity index (χ0) is 11.1. The number of ether oxygens (including phenoxy) is 3. The highest BCUT2D eigenvalue weighted by Gasteiger charge is 2.65. The molecule has 1 saturated heterocycles. The minimum absolute atomic E-state index is 0.0102. The Kier molecular flexibility index (Phi) is 2.73. The van der Waals surface area contributed by atoms with Gasteiger partial charge in [0.1, 0.15) is 0 Å². The molecule has 0 aromatic rings. The van der Waals surface area contributed by atoms with Gasteiger partial charge in [0, 0.05) is 25.6 Å². The fourth-order valence-electron chi connectivity index (χ4n) is 2.55. The van der Waals surface area contributed by atoms with Crippen LogP contribution in [0.25, 0.3) is 0 Å². The summed E-state index contributed by atoms with van der Waals surface area (Å²) in [6.07, 6.45) is 0.576. The van der Waals surface area contributed by atoms with Crippen LogP contribution in [-0.4, -0.2) is 31.1 Å². The van der Waals surface area contributed by atoms with Crippen LogP contribution in [0.1, 0.15) is 27.2 Å². The van der Waals surface area contributed by atoms with Gasteiger partial charge in [0.05, 0.1) is 5.92 Å². The fourth-order valence-corrected chi connectivity index (χ4v) is 2.55. The van der Waals surface area contributed by atoms with Gasteiger partial charge in [-0.05, 0) is 13.8 Å². The minimum Gasteiger partial charge on any atom is -0.456 e. The fraction of sp³-hybridized carbons (Fsp3) is 0.909. The van der Waals surface area contributed by atoms with Gasteiger partial charge in [-0.2, -0.15) is 0 Å².